The third kappa shape index (κ3) is 4.09. The van der Waals surface area contributed by atoms with E-state index in [-0.39, 0.29) is 4.90 Å². The predicted molar refractivity (Wildman–Crippen MR) is 88.4 cm³/mol. The smallest absolute Gasteiger partial charge is 0.265 e. The lowest BCUT2D eigenvalue weighted by Gasteiger charge is -2.12. The van der Waals surface area contributed by atoms with Crippen LogP contribution in [-0.2, 0) is 10.0 Å². The number of sulfonamides is 1. The molecule has 0 aliphatic heterocycles. The highest BCUT2D eigenvalue weighted by Crippen LogP contribution is 2.26. The number of nitrogens with one attached hydrogen (secondary N) is 2. The van der Waals surface area contributed by atoms with Gasteiger partial charge in [-0.25, -0.2) is 13.4 Å². The Morgan fingerprint density at radius 1 is 1.33 bits per heavy atom. The maximum Gasteiger partial charge on any atom is 0.265 e. The molecule has 8 heteroatoms. The summed E-state index contributed by atoms with van der Waals surface area (Å²) in [5.41, 5.74) is 0.393. The Labute approximate surface area is 136 Å². The van der Waals surface area contributed by atoms with Crippen molar-refractivity contribution >= 4 is 49.1 Å². The first-order valence-corrected chi connectivity index (χ1v) is 8.75. The maximum absolute atomic E-state index is 12.5. The second-order valence-corrected chi connectivity index (χ2v) is 7.15. The highest BCUT2D eigenvalue weighted by atomic mass is 79.9. The molecule has 0 atom stereocenters. The SMILES string of the molecule is CCNc1ncc(Br)cc1S(=O)(=O)Nc1cccc(Cl)c1. The summed E-state index contributed by atoms with van der Waals surface area (Å²) in [5.74, 6) is 0.301. The summed E-state index contributed by atoms with van der Waals surface area (Å²) in [5, 5.41) is 3.38. The lowest BCUT2D eigenvalue weighted by Crippen LogP contribution is -2.16. The van der Waals surface area contributed by atoms with Crippen molar-refractivity contribution in [3.63, 3.8) is 0 Å². The third-order valence-electron chi connectivity index (χ3n) is 2.53. The Hall–Kier alpha value is -1.31. The molecule has 0 aliphatic carbocycles. The van der Waals surface area contributed by atoms with Gasteiger partial charge < -0.3 is 5.32 Å². The van der Waals surface area contributed by atoms with E-state index in [2.05, 4.69) is 31.0 Å². The number of anilines is 2. The predicted octanol–water partition coefficient (Wildman–Crippen LogP) is 3.73. The number of rotatable bonds is 5. The van der Waals surface area contributed by atoms with Crippen molar-refractivity contribution in [3.8, 4) is 0 Å². The zero-order valence-corrected chi connectivity index (χ0v) is 14.3. The zero-order chi connectivity index (χ0) is 15.5. The molecule has 2 N–H and O–H groups in total. The first kappa shape index (κ1) is 16.1. The Kier molecular flexibility index (Phi) is 5.08. The standard InChI is InChI=1S/C13H13BrClN3O2S/c1-2-16-13-12(6-9(14)8-17-13)21(19,20)18-11-5-3-4-10(15)7-11/h3-8,18H,2H2,1H3,(H,16,17). The van der Waals surface area contributed by atoms with Gasteiger partial charge in [-0.3, -0.25) is 4.72 Å². The Morgan fingerprint density at radius 2 is 2.10 bits per heavy atom. The van der Waals surface area contributed by atoms with Gasteiger partial charge in [0.15, 0.2) is 0 Å². The van der Waals surface area contributed by atoms with Crippen LogP contribution in [0.4, 0.5) is 11.5 Å². The number of pyridine rings is 1. The number of hydrogen-bond acceptors (Lipinski definition) is 4. The molecule has 1 aromatic carbocycles. The number of halogens is 2. The molecule has 21 heavy (non-hydrogen) atoms. The molecule has 0 unspecified atom stereocenters. The first-order chi connectivity index (χ1) is 9.92. The van der Waals surface area contributed by atoms with Crippen molar-refractivity contribution in [1.29, 1.82) is 0 Å². The summed E-state index contributed by atoms with van der Waals surface area (Å²) in [6.45, 7) is 2.43. The van der Waals surface area contributed by atoms with Crippen LogP contribution in [0.3, 0.4) is 0 Å². The van der Waals surface area contributed by atoms with Gasteiger partial charge in [-0.15, -0.1) is 0 Å². The van der Waals surface area contributed by atoms with Crippen molar-refractivity contribution in [3.05, 3.63) is 46.0 Å². The van der Waals surface area contributed by atoms with E-state index in [1.807, 2.05) is 6.92 Å². The van der Waals surface area contributed by atoms with Gasteiger partial charge >= 0.3 is 0 Å². The Bertz CT molecular complexity index is 753. The minimum atomic E-state index is -3.77. The van der Waals surface area contributed by atoms with Crippen LogP contribution in [0.2, 0.25) is 5.02 Å². The minimum Gasteiger partial charge on any atom is -0.369 e. The van der Waals surface area contributed by atoms with E-state index >= 15 is 0 Å². The van der Waals surface area contributed by atoms with Gasteiger partial charge in [-0.2, -0.15) is 0 Å². The molecule has 0 saturated carbocycles. The van der Waals surface area contributed by atoms with Crippen molar-refractivity contribution < 1.29 is 8.42 Å². The molecular weight excluding hydrogens is 378 g/mol. The van der Waals surface area contributed by atoms with Crippen molar-refractivity contribution in [1.82, 2.24) is 4.98 Å². The van der Waals surface area contributed by atoms with Crippen LogP contribution >= 0.6 is 27.5 Å². The van der Waals surface area contributed by atoms with E-state index in [4.69, 9.17) is 11.6 Å². The molecule has 2 aromatic rings. The van der Waals surface area contributed by atoms with Crippen LogP contribution in [0.5, 0.6) is 0 Å². The van der Waals surface area contributed by atoms with E-state index in [1.54, 1.807) is 18.2 Å². The minimum absolute atomic E-state index is 0.0682. The van der Waals surface area contributed by atoms with Gasteiger partial charge in [0.2, 0.25) is 0 Å². The number of hydrogen-bond donors (Lipinski definition) is 2. The molecule has 0 aliphatic rings. The molecular formula is C13H13BrClN3O2S. The van der Waals surface area contributed by atoms with E-state index in [9.17, 15) is 8.42 Å². The number of nitrogens with zero attached hydrogens (tertiary/aromatic N) is 1. The summed E-state index contributed by atoms with van der Waals surface area (Å²) in [6, 6.07) is 8.01. The Balaban J connectivity index is 2.41. The first-order valence-electron chi connectivity index (χ1n) is 6.10. The summed E-state index contributed by atoms with van der Waals surface area (Å²) in [6.07, 6.45) is 1.54. The van der Waals surface area contributed by atoms with Crippen LogP contribution in [0.25, 0.3) is 0 Å². The Morgan fingerprint density at radius 3 is 2.76 bits per heavy atom. The van der Waals surface area contributed by atoms with Gasteiger partial charge in [-0.1, -0.05) is 17.7 Å². The molecule has 0 radical (unpaired) electrons. The van der Waals surface area contributed by atoms with E-state index in [0.29, 0.717) is 27.5 Å². The maximum atomic E-state index is 12.5. The van der Waals surface area contributed by atoms with Crippen LogP contribution < -0.4 is 10.0 Å². The summed E-state index contributed by atoms with van der Waals surface area (Å²) in [7, 11) is -3.77. The molecule has 0 fully saturated rings. The molecule has 0 spiro atoms. The second kappa shape index (κ2) is 6.64. The topological polar surface area (TPSA) is 71.1 Å². The average molecular weight is 391 g/mol. The van der Waals surface area contributed by atoms with E-state index in [1.165, 1.54) is 18.3 Å². The summed E-state index contributed by atoms with van der Waals surface area (Å²) >= 11 is 9.09. The second-order valence-electron chi connectivity index (χ2n) is 4.15. The van der Waals surface area contributed by atoms with E-state index in [0.717, 1.165) is 0 Å². The summed E-state index contributed by atoms with van der Waals surface area (Å²) < 4.78 is 28.1. The lowest BCUT2D eigenvalue weighted by molar-refractivity contribution is 0.601. The highest BCUT2D eigenvalue weighted by molar-refractivity contribution is 9.10. The largest absolute Gasteiger partial charge is 0.369 e. The fourth-order valence-electron chi connectivity index (χ4n) is 1.69. The van der Waals surface area contributed by atoms with Crippen LogP contribution in [0, 0.1) is 0 Å². The van der Waals surface area contributed by atoms with Gasteiger partial charge in [-0.05, 0) is 47.1 Å². The normalized spacial score (nSPS) is 11.2. The number of aromatic nitrogens is 1. The fraction of sp³-hybridized carbons (Fsp3) is 0.154. The van der Waals surface area contributed by atoms with Crippen LogP contribution in [-0.4, -0.2) is 19.9 Å². The number of benzene rings is 1. The molecule has 2 rings (SSSR count). The highest BCUT2D eigenvalue weighted by Gasteiger charge is 2.20. The molecule has 0 amide bonds. The van der Waals surface area contributed by atoms with E-state index < -0.39 is 10.0 Å². The molecule has 0 bridgehead atoms. The van der Waals surface area contributed by atoms with Crippen molar-refractivity contribution in [2.45, 2.75) is 11.8 Å². The zero-order valence-electron chi connectivity index (χ0n) is 11.1. The fourth-order valence-corrected chi connectivity index (χ4v) is 3.57. The lowest BCUT2D eigenvalue weighted by atomic mass is 10.3. The molecule has 5 nitrogen and oxygen atoms in total. The monoisotopic (exact) mass is 389 g/mol. The van der Waals surface area contributed by atoms with Gasteiger partial charge in [0.1, 0.15) is 10.7 Å². The average Bonchev–Trinajstić information content (AvgIpc) is 2.40. The molecule has 112 valence electrons. The molecule has 1 aromatic heterocycles. The summed E-state index contributed by atoms with van der Waals surface area (Å²) in [4.78, 5) is 4.16. The van der Waals surface area contributed by atoms with Crippen molar-refractivity contribution in [2.75, 3.05) is 16.6 Å². The molecule has 1 heterocycles. The van der Waals surface area contributed by atoms with Crippen LogP contribution in [0.15, 0.2) is 45.9 Å². The quantitative estimate of drug-likeness (QED) is 0.816. The van der Waals surface area contributed by atoms with Gasteiger partial charge in [0, 0.05) is 22.2 Å². The van der Waals surface area contributed by atoms with Crippen molar-refractivity contribution in [2.24, 2.45) is 0 Å². The van der Waals surface area contributed by atoms with Gasteiger partial charge in [0.05, 0.1) is 5.69 Å². The van der Waals surface area contributed by atoms with Gasteiger partial charge in [0.25, 0.3) is 10.0 Å². The molecule has 0 saturated heterocycles. The van der Waals surface area contributed by atoms with Crippen LogP contribution in [0.1, 0.15) is 6.92 Å². The third-order valence-corrected chi connectivity index (χ3v) is 4.59.